The van der Waals surface area contributed by atoms with Crippen LogP contribution in [0.1, 0.15) is 24.5 Å². The number of methoxy groups -OCH3 is 2. The summed E-state index contributed by atoms with van der Waals surface area (Å²) in [5, 5.41) is 5.28. The van der Waals surface area contributed by atoms with E-state index in [2.05, 4.69) is 52.8 Å². The minimum Gasteiger partial charge on any atom is -0.497 e. The fraction of sp³-hybridized carbons (Fsp3) is 0.244. The molecule has 3 amide bonds. The topological polar surface area (TPSA) is 147 Å². The predicted octanol–water partition coefficient (Wildman–Crippen LogP) is 6.95. The third-order valence-electron chi connectivity index (χ3n) is 8.30. The Bertz CT molecular complexity index is 1950. The summed E-state index contributed by atoms with van der Waals surface area (Å²) in [5.41, 5.74) is 11.3. The van der Waals surface area contributed by atoms with Crippen molar-refractivity contribution in [1.29, 1.82) is 0 Å². The van der Waals surface area contributed by atoms with Crippen molar-refractivity contribution in [1.82, 2.24) is 5.32 Å². The molecule has 0 aromatic heterocycles. The van der Waals surface area contributed by atoms with Crippen molar-refractivity contribution in [2.24, 2.45) is 5.73 Å². The van der Waals surface area contributed by atoms with E-state index in [0.29, 0.717) is 12.8 Å². The number of primary amides is 1. The maximum Gasteiger partial charge on any atom is 0.241 e. The van der Waals surface area contributed by atoms with Gasteiger partial charge in [0.1, 0.15) is 30.9 Å². The molecular weight excluding hydrogens is 753 g/mol. The van der Waals surface area contributed by atoms with Gasteiger partial charge in [-0.2, -0.15) is 0 Å². The zero-order chi connectivity index (χ0) is 42.1. The minimum absolute atomic E-state index is 0.0464. The number of carbonyl (C=O) groups is 4. The van der Waals surface area contributed by atoms with Gasteiger partial charge in [0, 0.05) is 25.5 Å². The molecule has 5 aromatic carbocycles. The standard InChI is InChI=1S/C19H20N4O3S.C9H13NO.C9H12.C8H9NO2/c20-18(25)11-22-16-8-4-5-9-17(16)23(27-22)12-19(26)21-15(13-24)10-14-6-2-1-3-7-14;1-10(2)8-4-6-9(11-3)7-5-8;1-2-6-9-7-4-3-5-8-9;1-11-8-4-2-7(3-5-8)9-6-10/h1-9,13,15H,10-12H2,(H2,20,25)(H,21,26);4-7H,1-3H3;3-5,7-8H,2,6H2,1H3;2-6H,1H3,(H,9,10)/t15-;;;/m0.../s1. The van der Waals surface area contributed by atoms with Gasteiger partial charge in [0.05, 0.1) is 43.8 Å². The van der Waals surface area contributed by atoms with Gasteiger partial charge in [-0.15, -0.1) is 0 Å². The van der Waals surface area contributed by atoms with Gasteiger partial charge in [-0.1, -0.05) is 86.1 Å². The molecule has 1 heterocycles. The molecule has 0 saturated carbocycles. The lowest BCUT2D eigenvalue weighted by molar-refractivity contribution is -0.122. The smallest absolute Gasteiger partial charge is 0.241 e. The number of carbonyl (C=O) groups excluding carboxylic acids is 4. The largest absolute Gasteiger partial charge is 0.497 e. The highest BCUT2D eigenvalue weighted by Gasteiger charge is 2.29. The predicted molar refractivity (Wildman–Crippen MR) is 236 cm³/mol. The van der Waals surface area contributed by atoms with Gasteiger partial charge in [0.25, 0.3) is 0 Å². The Balaban J connectivity index is 0.000000238. The average Bonchev–Trinajstić information content (AvgIpc) is 3.58. The van der Waals surface area contributed by atoms with Crippen LogP contribution in [0, 0.1) is 0 Å². The lowest BCUT2D eigenvalue weighted by Gasteiger charge is -2.19. The molecule has 306 valence electrons. The number of rotatable bonds is 15. The first-order chi connectivity index (χ1) is 28.1. The first-order valence-electron chi connectivity index (χ1n) is 18.7. The van der Waals surface area contributed by atoms with E-state index in [-0.39, 0.29) is 19.0 Å². The lowest BCUT2D eigenvalue weighted by Crippen LogP contribution is -2.42. The Morgan fingerprint density at radius 1 is 0.724 bits per heavy atom. The van der Waals surface area contributed by atoms with Crippen molar-refractivity contribution in [2.75, 3.05) is 60.2 Å². The number of nitrogens with zero attached hydrogens (tertiary/aromatic N) is 3. The first kappa shape index (κ1) is 45.9. The van der Waals surface area contributed by atoms with Crippen molar-refractivity contribution in [3.8, 4) is 11.5 Å². The average molecular weight is 807 g/mol. The van der Waals surface area contributed by atoms with Crippen LogP contribution < -0.4 is 39.4 Å². The Morgan fingerprint density at radius 3 is 1.69 bits per heavy atom. The van der Waals surface area contributed by atoms with Crippen LogP contribution in [-0.4, -0.2) is 72.0 Å². The molecule has 0 bridgehead atoms. The maximum atomic E-state index is 12.5. The highest BCUT2D eigenvalue weighted by Crippen LogP contribution is 2.43. The molecule has 1 aliphatic rings. The highest BCUT2D eigenvalue weighted by molar-refractivity contribution is 8.02. The minimum atomic E-state index is -0.593. The Kier molecular flexibility index (Phi) is 20.3. The molecule has 13 heteroatoms. The summed E-state index contributed by atoms with van der Waals surface area (Å²) in [5.74, 6) is 0.954. The molecule has 5 aromatic rings. The van der Waals surface area contributed by atoms with Crippen LogP contribution in [0.2, 0.25) is 0 Å². The van der Waals surface area contributed by atoms with Crippen LogP contribution in [0.3, 0.4) is 0 Å². The van der Waals surface area contributed by atoms with Crippen LogP contribution in [-0.2, 0) is 32.0 Å². The molecular formula is C45H54N6O6S. The molecule has 1 atom stereocenters. The van der Waals surface area contributed by atoms with E-state index in [4.69, 9.17) is 15.2 Å². The SMILES string of the molecule is CCCc1ccccc1.COc1ccc(N(C)C)cc1.COc1ccc(NC=O)cc1.NC(=O)CN1SN(CC(=O)N[C@H](C=O)Cc2ccccc2)c2ccccc21. The quantitative estimate of drug-likeness (QED) is 0.0751. The molecule has 0 aliphatic carbocycles. The van der Waals surface area contributed by atoms with Gasteiger partial charge in [0.15, 0.2) is 0 Å². The first-order valence-corrected chi connectivity index (χ1v) is 19.4. The molecule has 0 unspecified atom stereocenters. The second kappa shape index (κ2) is 25.6. The van der Waals surface area contributed by atoms with Crippen LogP contribution in [0.4, 0.5) is 22.7 Å². The fourth-order valence-corrected chi connectivity index (χ4v) is 6.50. The summed E-state index contributed by atoms with van der Waals surface area (Å²) >= 11 is 1.25. The second-order valence-electron chi connectivity index (χ2n) is 12.9. The second-order valence-corrected chi connectivity index (χ2v) is 14.0. The van der Waals surface area contributed by atoms with Gasteiger partial charge >= 0.3 is 0 Å². The number of nitrogens with two attached hydrogens (primary N) is 1. The van der Waals surface area contributed by atoms with Crippen molar-refractivity contribution in [3.05, 3.63) is 145 Å². The normalized spacial score (nSPS) is 11.3. The Hall–Kier alpha value is -6.47. The summed E-state index contributed by atoms with van der Waals surface area (Å²) < 4.78 is 13.5. The van der Waals surface area contributed by atoms with Crippen molar-refractivity contribution < 1.29 is 28.7 Å². The summed E-state index contributed by atoms with van der Waals surface area (Å²) in [6, 6.07) is 42.0. The van der Waals surface area contributed by atoms with E-state index in [0.717, 1.165) is 40.4 Å². The third kappa shape index (κ3) is 16.3. The van der Waals surface area contributed by atoms with Gasteiger partial charge in [0.2, 0.25) is 18.2 Å². The number of hydrogen-bond donors (Lipinski definition) is 3. The molecule has 0 spiro atoms. The zero-order valence-corrected chi connectivity index (χ0v) is 34.6. The Morgan fingerprint density at radius 2 is 1.22 bits per heavy atom. The van der Waals surface area contributed by atoms with E-state index in [1.165, 1.54) is 36.2 Å². The van der Waals surface area contributed by atoms with Crippen molar-refractivity contribution in [3.63, 3.8) is 0 Å². The van der Waals surface area contributed by atoms with Crippen molar-refractivity contribution >= 4 is 59.4 Å². The Labute approximate surface area is 346 Å². The third-order valence-corrected chi connectivity index (χ3v) is 9.34. The van der Waals surface area contributed by atoms with E-state index >= 15 is 0 Å². The molecule has 4 N–H and O–H groups in total. The maximum absolute atomic E-state index is 12.5. The number of aldehydes is 1. The molecule has 58 heavy (non-hydrogen) atoms. The molecule has 0 fully saturated rings. The van der Waals surface area contributed by atoms with Crippen LogP contribution in [0.25, 0.3) is 0 Å². The number of para-hydroxylation sites is 2. The summed E-state index contributed by atoms with van der Waals surface area (Å²) in [6.07, 6.45) is 4.27. The van der Waals surface area contributed by atoms with E-state index < -0.39 is 11.9 Å². The number of amides is 3. The van der Waals surface area contributed by atoms with E-state index in [9.17, 15) is 19.2 Å². The molecule has 12 nitrogen and oxygen atoms in total. The monoisotopic (exact) mass is 806 g/mol. The van der Waals surface area contributed by atoms with Crippen LogP contribution in [0.5, 0.6) is 11.5 Å². The number of nitrogens with one attached hydrogen (secondary N) is 2. The zero-order valence-electron chi connectivity index (χ0n) is 33.7. The van der Waals surface area contributed by atoms with Gasteiger partial charge in [-0.05, 0) is 84.6 Å². The molecule has 1 aliphatic heterocycles. The van der Waals surface area contributed by atoms with Gasteiger partial charge in [-0.25, -0.2) is 0 Å². The molecule has 0 saturated heterocycles. The fourth-order valence-electron chi connectivity index (χ4n) is 5.42. The van der Waals surface area contributed by atoms with Crippen LogP contribution in [0.15, 0.2) is 133 Å². The number of aryl methyl sites for hydroxylation is 1. The van der Waals surface area contributed by atoms with Crippen molar-refractivity contribution in [2.45, 2.75) is 32.2 Å². The number of ether oxygens (including phenoxy) is 2. The molecule has 6 rings (SSSR count). The lowest BCUT2D eigenvalue weighted by atomic mass is 10.1. The summed E-state index contributed by atoms with van der Waals surface area (Å²) in [6.45, 7) is 2.30. The van der Waals surface area contributed by atoms with Gasteiger partial charge < -0.3 is 35.5 Å². The number of benzene rings is 5. The van der Waals surface area contributed by atoms with Gasteiger partial charge in [-0.3, -0.25) is 23.0 Å². The summed E-state index contributed by atoms with van der Waals surface area (Å²) in [7, 11) is 7.30. The van der Waals surface area contributed by atoms with E-state index in [1.54, 1.807) is 47.1 Å². The molecule has 0 radical (unpaired) electrons. The number of anilines is 4. The number of fused-ring (bicyclic) bond motifs is 1. The van der Waals surface area contributed by atoms with E-state index in [1.807, 2.05) is 93.0 Å². The summed E-state index contributed by atoms with van der Waals surface area (Å²) in [4.78, 5) is 47.1. The van der Waals surface area contributed by atoms with Crippen LogP contribution >= 0.6 is 12.1 Å². The number of hydrogen-bond acceptors (Lipinski definition) is 10. The highest BCUT2D eigenvalue weighted by atomic mass is 32.2.